The van der Waals surface area contributed by atoms with E-state index < -0.39 is 39.6 Å². The maximum absolute atomic E-state index is 13.5. The molecule has 1 aromatic rings. The summed E-state index contributed by atoms with van der Waals surface area (Å²) in [5.74, 6) is 0.130. The molecule has 0 aliphatic carbocycles. The van der Waals surface area contributed by atoms with Crippen molar-refractivity contribution in [1.29, 1.82) is 0 Å². The van der Waals surface area contributed by atoms with Gasteiger partial charge in [0.25, 0.3) is 0 Å². The molecule has 1 aromatic heterocycles. The number of hydrogen-bond donors (Lipinski definition) is 0. The van der Waals surface area contributed by atoms with Crippen molar-refractivity contribution in [3.63, 3.8) is 0 Å². The van der Waals surface area contributed by atoms with Crippen molar-refractivity contribution in [3.8, 4) is 0 Å². The Bertz CT molecular complexity index is 686. The van der Waals surface area contributed by atoms with E-state index in [0.717, 1.165) is 0 Å². The molecule has 10 nitrogen and oxygen atoms in total. The first-order valence-electron chi connectivity index (χ1n) is 9.56. The Balaban J connectivity index is 3.71. The molecule has 0 atom stereocenters. The summed E-state index contributed by atoms with van der Waals surface area (Å²) in [7, 11) is -4.49. The molecule has 0 amide bonds. The Morgan fingerprint density at radius 2 is 0.897 bits per heavy atom. The molecule has 0 aliphatic rings. The molecule has 0 bridgehead atoms. The zero-order valence-electron chi connectivity index (χ0n) is 18.9. The minimum Gasteiger partial charge on any atom is -0.347 e. The number of nitrogens with zero attached hydrogens (tertiary/aromatic N) is 4. The van der Waals surface area contributed by atoms with Crippen LogP contribution in [-0.2, 0) is 27.2 Å². The number of rotatable bonds is 11. The van der Waals surface area contributed by atoms with Crippen LogP contribution in [0.1, 0.15) is 55.4 Å². The molecule has 0 aliphatic heterocycles. The third-order valence-electron chi connectivity index (χ3n) is 2.89. The fraction of sp³-hybridized carbons (Fsp3) is 0.824. The summed E-state index contributed by atoms with van der Waals surface area (Å²) in [4.78, 5) is 14.2. The van der Waals surface area contributed by atoms with Crippen molar-refractivity contribution >= 4 is 32.3 Å². The highest BCUT2D eigenvalue weighted by atomic mass is 31.2. The van der Waals surface area contributed by atoms with E-state index in [-0.39, 0.29) is 17.1 Å². The van der Waals surface area contributed by atoms with Gasteiger partial charge in [-0.05, 0) is 55.4 Å². The molecule has 12 heteroatoms. The van der Waals surface area contributed by atoms with Crippen molar-refractivity contribution in [2.75, 3.05) is 19.0 Å². The van der Waals surface area contributed by atoms with Gasteiger partial charge in [0.2, 0.25) is 17.1 Å². The predicted octanol–water partition coefficient (Wildman–Crippen LogP) is 3.27. The van der Waals surface area contributed by atoms with Gasteiger partial charge in [-0.2, -0.15) is 15.0 Å². The topological polar surface area (TPSA) is 113 Å². The van der Waals surface area contributed by atoms with Crippen molar-refractivity contribution in [3.05, 3.63) is 0 Å². The van der Waals surface area contributed by atoms with Crippen LogP contribution in [-0.4, -0.2) is 53.5 Å². The van der Waals surface area contributed by atoms with Crippen molar-refractivity contribution in [1.82, 2.24) is 15.0 Å². The Morgan fingerprint density at radius 3 is 1.10 bits per heavy atom. The normalized spacial score (nSPS) is 13.2. The molecule has 0 spiro atoms. The van der Waals surface area contributed by atoms with Gasteiger partial charge in [0.15, 0.2) is 0 Å². The lowest BCUT2D eigenvalue weighted by Crippen LogP contribution is -2.34. The zero-order chi connectivity index (χ0) is 22.6. The van der Waals surface area contributed by atoms with E-state index in [2.05, 4.69) is 15.0 Å². The van der Waals surface area contributed by atoms with Crippen LogP contribution in [0, 0.1) is 0 Å². The summed E-state index contributed by atoms with van der Waals surface area (Å²) in [5.41, 5.74) is -0.484. The Hall–Kier alpha value is -0.890. The van der Waals surface area contributed by atoms with Crippen molar-refractivity contribution in [2.24, 2.45) is 0 Å². The molecule has 0 unspecified atom stereocenters. The lowest BCUT2D eigenvalue weighted by molar-refractivity contribution is 0.149. The second-order valence-electron chi connectivity index (χ2n) is 7.74. The molecule has 0 radical (unpaired) electrons. The van der Waals surface area contributed by atoms with Crippen molar-refractivity contribution < 1.29 is 27.2 Å². The molecule has 0 saturated heterocycles. The van der Waals surface area contributed by atoms with E-state index in [1.54, 1.807) is 74.4 Å². The highest BCUT2D eigenvalue weighted by molar-refractivity contribution is 7.63. The van der Waals surface area contributed by atoms with E-state index in [1.807, 2.05) is 0 Å². The van der Waals surface area contributed by atoms with Crippen LogP contribution in [0.15, 0.2) is 0 Å². The predicted molar refractivity (Wildman–Crippen MR) is 114 cm³/mol. The van der Waals surface area contributed by atoms with Gasteiger partial charge in [0, 0.05) is 14.1 Å². The molecule has 0 N–H and O–H groups in total. The monoisotopic (exact) mass is 452 g/mol. The maximum Gasteiger partial charge on any atom is 0.399 e. The van der Waals surface area contributed by atoms with Crippen LogP contribution in [0.4, 0.5) is 5.95 Å². The maximum atomic E-state index is 13.5. The average molecular weight is 452 g/mol. The standard InChI is InChI=1S/C17H34N4O6P2/c1-11(2)24-28(22,25-12(3)4)16-18-15(21(9)10)19-17(20-16)29(23,26-13(5)6)27-14(7)8/h11-14H,1-10H3. The van der Waals surface area contributed by atoms with Gasteiger partial charge >= 0.3 is 15.2 Å². The minimum absolute atomic E-state index is 0.130. The molecule has 168 valence electrons. The first-order chi connectivity index (χ1) is 13.2. The van der Waals surface area contributed by atoms with Gasteiger partial charge < -0.3 is 23.0 Å². The summed E-state index contributed by atoms with van der Waals surface area (Å²) in [6.07, 6.45) is -1.69. The van der Waals surface area contributed by atoms with E-state index in [1.165, 1.54) is 0 Å². The third kappa shape index (κ3) is 7.70. The van der Waals surface area contributed by atoms with E-state index in [4.69, 9.17) is 18.1 Å². The number of hydrogen-bond acceptors (Lipinski definition) is 10. The quantitative estimate of drug-likeness (QED) is 0.464. The summed E-state index contributed by atoms with van der Waals surface area (Å²) < 4.78 is 49.5. The third-order valence-corrected chi connectivity index (χ3v) is 7.06. The van der Waals surface area contributed by atoms with E-state index >= 15 is 0 Å². The smallest absolute Gasteiger partial charge is 0.347 e. The van der Waals surface area contributed by atoms with Gasteiger partial charge in [-0.1, -0.05) is 0 Å². The average Bonchev–Trinajstić information content (AvgIpc) is 2.51. The summed E-state index contributed by atoms with van der Waals surface area (Å²) in [6, 6.07) is 0. The second kappa shape index (κ2) is 10.4. The SMILES string of the molecule is CC(C)OP(=O)(OC(C)C)c1nc(N(C)C)nc(P(=O)(OC(C)C)OC(C)C)n1. The van der Waals surface area contributed by atoms with Gasteiger partial charge in [-0.3, -0.25) is 9.13 Å². The Morgan fingerprint density at radius 1 is 0.621 bits per heavy atom. The van der Waals surface area contributed by atoms with Crippen LogP contribution in [0.2, 0.25) is 0 Å². The largest absolute Gasteiger partial charge is 0.399 e. The highest BCUT2D eigenvalue weighted by Gasteiger charge is 2.40. The molecule has 29 heavy (non-hydrogen) atoms. The van der Waals surface area contributed by atoms with Crippen molar-refractivity contribution in [2.45, 2.75) is 79.8 Å². The van der Waals surface area contributed by atoms with Crippen LogP contribution >= 0.6 is 15.2 Å². The van der Waals surface area contributed by atoms with Gasteiger partial charge in [-0.15, -0.1) is 0 Å². The fourth-order valence-corrected chi connectivity index (χ4v) is 5.77. The molecule has 1 rings (SSSR count). The minimum atomic E-state index is -3.94. The molecular formula is C17H34N4O6P2. The first-order valence-corrected chi connectivity index (χ1v) is 12.6. The summed E-state index contributed by atoms with van der Waals surface area (Å²) >= 11 is 0. The van der Waals surface area contributed by atoms with E-state index in [0.29, 0.717) is 0 Å². The van der Waals surface area contributed by atoms with Crippen LogP contribution in [0.3, 0.4) is 0 Å². The fourth-order valence-electron chi connectivity index (χ4n) is 2.14. The summed E-state index contributed by atoms with van der Waals surface area (Å²) in [6.45, 7) is 13.8. The van der Waals surface area contributed by atoms with Crippen LogP contribution in [0.25, 0.3) is 0 Å². The zero-order valence-corrected chi connectivity index (χ0v) is 20.7. The van der Waals surface area contributed by atoms with E-state index in [9.17, 15) is 9.13 Å². The molecule has 1 heterocycles. The lowest BCUT2D eigenvalue weighted by atomic mass is 10.5. The van der Waals surface area contributed by atoms with Gasteiger partial charge in [-0.25, -0.2) is 0 Å². The first kappa shape index (κ1) is 26.1. The molecule has 0 fully saturated rings. The molecule has 0 saturated carbocycles. The Kier molecular flexibility index (Phi) is 9.40. The Labute approximate surface area is 173 Å². The lowest BCUT2D eigenvalue weighted by Gasteiger charge is -2.25. The van der Waals surface area contributed by atoms with Gasteiger partial charge in [0.1, 0.15) is 0 Å². The molecule has 0 aromatic carbocycles. The number of anilines is 1. The summed E-state index contributed by atoms with van der Waals surface area (Å²) in [5, 5.41) is 0. The van der Waals surface area contributed by atoms with Gasteiger partial charge in [0.05, 0.1) is 24.4 Å². The second-order valence-corrected chi connectivity index (χ2v) is 11.4. The van der Waals surface area contributed by atoms with Crippen LogP contribution < -0.4 is 16.0 Å². The number of aromatic nitrogens is 3. The highest BCUT2D eigenvalue weighted by Crippen LogP contribution is 2.51. The van der Waals surface area contributed by atoms with Crippen LogP contribution in [0.5, 0.6) is 0 Å². The molecular weight excluding hydrogens is 418 g/mol.